The van der Waals surface area contributed by atoms with Crippen molar-refractivity contribution >= 4 is 17.4 Å². The number of carbonyl (C=O) groups is 2. The fourth-order valence-corrected chi connectivity index (χ4v) is 2.20. The summed E-state index contributed by atoms with van der Waals surface area (Å²) in [5.74, 6) is -0.943. The van der Waals surface area contributed by atoms with Crippen molar-refractivity contribution in [3.63, 3.8) is 0 Å². The molecule has 1 atom stereocenters. The molecule has 0 aliphatic heterocycles. The van der Waals surface area contributed by atoms with Crippen molar-refractivity contribution < 1.29 is 14.0 Å². The first kappa shape index (κ1) is 11.6. The molecule has 17 heavy (non-hydrogen) atoms. The maximum absolute atomic E-state index is 13.5. The number of fused-ring (bicyclic) bond motifs is 1. The van der Waals surface area contributed by atoms with Crippen molar-refractivity contribution in [2.45, 2.75) is 26.3 Å². The minimum absolute atomic E-state index is 0.140. The Hall–Kier alpha value is -1.91. The molecule has 1 aliphatic carbocycles. The van der Waals surface area contributed by atoms with Gasteiger partial charge in [0.15, 0.2) is 5.78 Å². The monoisotopic (exact) mass is 236 g/mol. The Morgan fingerprint density at radius 2 is 2.24 bits per heavy atom. The Balaban J connectivity index is 2.48. The van der Waals surface area contributed by atoms with E-state index in [0.29, 0.717) is 23.1 Å². The number of nitrogens with one attached hydrogen (secondary N) is 1. The number of benzene rings is 1. The lowest BCUT2D eigenvalue weighted by atomic mass is 10.0. The van der Waals surface area contributed by atoms with E-state index < -0.39 is 11.9 Å². The Bertz CT molecular complexity index is 526. The summed E-state index contributed by atoms with van der Waals surface area (Å²) in [5.41, 5.74) is 7.17. The number of carbonyl (C=O) groups excluding carboxylic acids is 2. The average molecular weight is 236 g/mol. The van der Waals surface area contributed by atoms with Gasteiger partial charge >= 0.3 is 0 Å². The second-order valence-corrected chi connectivity index (χ2v) is 4.25. The van der Waals surface area contributed by atoms with E-state index in [1.54, 1.807) is 6.92 Å². The van der Waals surface area contributed by atoms with Gasteiger partial charge in [0, 0.05) is 24.6 Å². The first-order valence-electron chi connectivity index (χ1n) is 5.30. The van der Waals surface area contributed by atoms with Gasteiger partial charge in [0.05, 0.1) is 6.04 Å². The molecule has 0 spiro atoms. The first-order valence-corrected chi connectivity index (χ1v) is 5.30. The Labute approximate surface area is 98.0 Å². The molecule has 0 saturated carbocycles. The standard InChI is InChI=1S/C12H13FN2O2/c1-5-7-3-10(15-6(2)16)12(17)11(7)9(14)4-8(5)13/h4,10H,3,14H2,1-2H3,(H,15,16)/t10-/m1/s1. The number of halogens is 1. The molecule has 0 heterocycles. The van der Waals surface area contributed by atoms with Crippen LogP contribution in [0.15, 0.2) is 6.07 Å². The molecule has 0 fully saturated rings. The second kappa shape index (κ2) is 3.84. The van der Waals surface area contributed by atoms with E-state index in [9.17, 15) is 14.0 Å². The third-order valence-electron chi connectivity index (χ3n) is 3.03. The van der Waals surface area contributed by atoms with E-state index in [1.807, 2.05) is 0 Å². The first-order chi connectivity index (χ1) is 7.91. The van der Waals surface area contributed by atoms with Gasteiger partial charge in [-0.2, -0.15) is 0 Å². The molecule has 1 amide bonds. The lowest BCUT2D eigenvalue weighted by Gasteiger charge is -2.07. The Kier molecular flexibility index (Phi) is 2.61. The number of anilines is 1. The summed E-state index contributed by atoms with van der Waals surface area (Å²) in [7, 11) is 0. The van der Waals surface area contributed by atoms with Crippen LogP contribution in [0, 0.1) is 12.7 Å². The number of hydrogen-bond acceptors (Lipinski definition) is 3. The lowest BCUT2D eigenvalue weighted by molar-refractivity contribution is -0.119. The molecule has 4 nitrogen and oxygen atoms in total. The van der Waals surface area contributed by atoms with Gasteiger partial charge in [-0.15, -0.1) is 0 Å². The van der Waals surface area contributed by atoms with E-state index in [1.165, 1.54) is 6.92 Å². The van der Waals surface area contributed by atoms with Crippen LogP contribution in [0.25, 0.3) is 0 Å². The SMILES string of the molecule is CC(=O)N[C@@H]1Cc2c(C)c(F)cc(N)c2C1=O. The van der Waals surface area contributed by atoms with Crippen molar-refractivity contribution in [3.8, 4) is 0 Å². The lowest BCUT2D eigenvalue weighted by Crippen LogP contribution is -2.37. The Morgan fingerprint density at radius 3 is 2.82 bits per heavy atom. The van der Waals surface area contributed by atoms with Crippen LogP contribution in [0.1, 0.15) is 28.4 Å². The average Bonchev–Trinajstić information content (AvgIpc) is 2.53. The third kappa shape index (κ3) is 1.77. The van der Waals surface area contributed by atoms with Gasteiger partial charge in [0.1, 0.15) is 5.82 Å². The van der Waals surface area contributed by atoms with E-state index >= 15 is 0 Å². The van der Waals surface area contributed by atoms with Crippen molar-refractivity contribution in [2.75, 3.05) is 5.73 Å². The van der Waals surface area contributed by atoms with Gasteiger partial charge < -0.3 is 11.1 Å². The number of nitrogen functional groups attached to an aromatic ring is 1. The van der Waals surface area contributed by atoms with Crippen molar-refractivity contribution in [1.82, 2.24) is 5.32 Å². The van der Waals surface area contributed by atoms with E-state index in [-0.39, 0.29) is 17.4 Å². The van der Waals surface area contributed by atoms with Gasteiger partial charge in [-0.3, -0.25) is 9.59 Å². The van der Waals surface area contributed by atoms with Crippen LogP contribution < -0.4 is 11.1 Å². The maximum atomic E-state index is 13.5. The smallest absolute Gasteiger partial charge is 0.217 e. The molecule has 1 aromatic rings. The number of rotatable bonds is 1. The molecule has 2 rings (SSSR count). The molecule has 0 saturated heterocycles. The van der Waals surface area contributed by atoms with Crippen LogP contribution in [0.5, 0.6) is 0 Å². The fraction of sp³-hybridized carbons (Fsp3) is 0.333. The minimum Gasteiger partial charge on any atom is -0.398 e. The zero-order valence-electron chi connectivity index (χ0n) is 9.63. The van der Waals surface area contributed by atoms with Crippen LogP contribution in [-0.2, 0) is 11.2 Å². The highest BCUT2D eigenvalue weighted by molar-refractivity contribution is 6.09. The quantitative estimate of drug-likeness (QED) is 0.713. The molecule has 0 aromatic heterocycles. The van der Waals surface area contributed by atoms with Gasteiger partial charge in [-0.05, 0) is 24.1 Å². The summed E-state index contributed by atoms with van der Waals surface area (Å²) in [6.45, 7) is 2.95. The fourth-order valence-electron chi connectivity index (χ4n) is 2.20. The molecule has 0 bridgehead atoms. The maximum Gasteiger partial charge on any atom is 0.217 e. The van der Waals surface area contributed by atoms with Crippen molar-refractivity contribution in [3.05, 3.63) is 28.6 Å². The van der Waals surface area contributed by atoms with Gasteiger partial charge in [0.2, 0.25) is 5.91 Å². The van der Waals surface area contributed by atoms with Crippen molar-refractivity contribution in [2.24, 2.45) is 0 Å². The number of nitrogens with two attached hydrogens (primary N) is 1. The van der Waals surface area contributed by atoms with Crippen LogP contribution in [0.4, 0.5) is 10.1 Å². The zero-order valence-corrected chi connectivity index (χ0v) is 9.63. The molecular formula is C12H13FN2O2. The largest absolute Gasteiger partial charge is 0.398 e. The minimum atomic E-state index is -0.620. The summed E-state index contributed by atoms with van der Waals surface area (Å²) in [5, 5.41) is 2.55. The molecular weight excluding hydrogens is 223 g/mol. The third-order valence-corrected chi connectivity index (χ3v) is 3.03. The van der Waals surface area contributed by atoms with Gasteiger partial charge in [-0.25, -0.2) is 4.39 Å². The van der Waals surface area contributed by atoms with Crippen LogP contribution in [0.3, 0.4) is 0 Å². The molecule has 1 aromatic carbocycles. The number of ketones is 1. The normalized spacial score (nSPS) is 18.1. The molecule has 0 unspecified atom stereocenters. The highest BCUT2D eigenvalue weighted by Gasteiger charge is 2.34. The molecule has 90 valence electrons. The van der Waals surface area contributed by atoms with Crippen molar-refractivity contribution in [1.29, 1.82) is 0 Å². The molecule has 3 N–H and O–H groups in total. The van der Waals surface area contributed by atoms with Crippen LogP contribution in [-0.4, -0.2) is 17.7 Å². The second-order valence-electron chi connectivity index (χ2n) is 4.25. The topological polar surface area (TPSA) is 72.2 Å². The summed E-state index contributed by atoms with van der Waals surface area (Å²) in [6.07, 6.45) is 0.307. The highest BCUT2D eigenvalue weighted by atomic mass is 19.1. The summed E-state index contributed by atoms with van der Waals surface area (Å²) in [4.78, 5) is 23.0. The molecule has 1 aliphatic rings. The van der Waals surface area contributed by atoms with E-state index in [2.05, 4.69) is 5.32 Å². The number of hydrogen-bond donors (Lipinski definition) is 2. The summed E-state index contributed by atoms with van der Waals surface area (Å²) < 4.78 is 13.5. The van der Waals surface area contributed by atoms with E-state index in [0.717, 1.165) is 6.07 Å². The summed E-state index contributed by atoms with van der Waals surface area (Å²) in [6, 6.07) is 0.535. The number of Topliss-reactive ketones (excluding diaryl/α,β-unsaturated/α-hetero) is 1. The number of amides is 1. The van der Waals surface area contributed by atoms with E-state index in [4.69, 9.17) is 5.73 Å². The van der Waals surface area contributed by atoms with Gasteiger partial charge in [-0.1, -0.05) is 0 Å². The molecule has 0 radical (unpaired) electrons. The van der Waals surface area contributed by atoms with Crippen LogP contribution >= 0.6 is 0 Å². The van der Waals surface area contributed by atoms with Crippen LogP contribution in [0.2, 0.25) is 0 Å². The van der Waals surface area contributed by atoms with Gasteiger partial charge in [0.25, 0.3) is 0 Å². The predicted molar refractivity (Wildman–Crippen MR) is 61.2 cm³/mol. The Morgan fingerprint density at radius 1 is 1.59 bits per heavy atom. The molecule has 5 heteroatoms. The summed E-state index contributed by atoms with van der Waals surface area (Å²) >= 11 is 0. The predicted octanol–water partition coefficient (Wildman–Crippen LogP) is 0.960. The highest BCUT2D eigenvalue weighted by Crippen LogP contribution is 2.31. The zero-order chi connectivity index (χ0) is 12.7.